The van der Waals surface area contributed by atoms with Gasteiger partial charge in [-0.1, -0.05) is 194 Å². The highest BCUT2D eigenvalue weighted by atomic mass is 16.6. The quantitative estimate of drug-likeness (QED) is 0.0365. The zero-order valence-electron chi connectivity index (χ0n) is 34.7. The van der Waals surface area contributed by atoms with E-state index in [4.69, 9.17) is 14.2 Å². The van der Waals surface area contributed by atoms with Crippen molar-refractivity contribution in [3.63, 3.8) is 0 Å². The molecule has 0 radical (unpaired) electrons. The lowest BCUT2D eigenvalue weighted by atomic mass is 10.0. The Kier molecular flexibility index (Phi) is 40.7. The van der Waals surface area contributed by atoms with E-state index in [1.54, 1.807) is 0 Å². The molecule has 1 unspecified atom stereocenters. The first-order chi connectivity index (χ1) is 25.5. The van der Waals surface area contributed by atoms with Gasteiger partial charge in [-0.15, -0.1) is 0 Å². The van der Waals surface area contributed by atoms with Gasteiger partial charge in [0.05, 0.1) is 13.1 Å². The van der Waals surface area contributed by atoms with Gasteiger partial charge in [-0.3, -0.25) is 9.59 Å². The summed E-state index contributed by atoms with van der Waals surface area (Å²) in [6, 6.07) is 0. The van der Waals surface area contributed by atoms with Crippen LogP contribution in [0.1, 0.15) is 226 Å². The molecule has 0 fully saturated rings. The number of rotatable bonds is 42. The second-order valence-corrected chi connectivity index (χ2v) is 15.4. The van der Waals surface area contributed by atoms with Crippen LogP contribution in [-0.4, -0.2) is 56.9 Å². The number of hydrogen-bond donors (Lipinski definition) is 2. The van der Waals surface area contributed by atoms with Gasteiger partial charge < -0.3 is 25.3 Å². The number of hydrogen-bond acceptors (Lipinski definition) is 6. The normalized spacial score (nSPS) is 11.8. The van der Waals surface area contributed by atoms with Crippen molar-refractivity contribution in [2.24, 2.45) is 0 Å². The van der Waals surface area contributed by atoms with Crippen molar-refractivity contribution in [1.29, 1.82) is 0 Å². The van der Waals surface area contributed by atoms with Crippen molar-refractivity contribution in [1.82, 2.24) is 0 Å². The molecule has 0 amide bonds. The number of ether oxygens (including phenoxy) is 3. The SMILES string of the molecule is CCCCCCCCCCCCCCCCCC(=O)OCC(COC(=O)C[NH2+]CCC[NH3+])OC(=O)CCCCCCCCCCCCCCCCC. The first kappa shape index (κ1) is 50.3. The van der Waals surface area contributed by atoms with Crippen LogP contribution in [0.2, 0.25) is 0 Å². The highest BCUT2D eigenvalue weighted by Crippen LogP contribution is 2.16. The van der Waals surface area contributed by atoms with Crippen LogP contribution in [0.5, 0.6) is 0 Å². The van der Waals surface area contributed by atoms with Crippen LogP contribution >= 0.6 is 0 Å². The molecule has 0 saturated carbocycles. The summed E-state index contributed by atoms with van der Waals surface area (Å²) < 4.78 is 16.5. The average Bonchev–Trinajstić information content (AvgIpc) is 3.14. The summed E-state index contributed by atoms with van der Waals surface area (Å²) in [5.41, 5.74) is 3.82. The van der Waals surface area contributed by atoms with E-state index in [-0.39, 0.29) is 37.7 Å². The Morgan fingerprint density at radius 1 is 0.442 bits per heavy atom. The van der Waals surface area contributed by atoms with Gasteiger partial charge in [0.1, 0.15) is 13.2 Å². The molecule has 1 atom stereocenters. The lowest BCUT2D eigenvalue weighted by Gasteiger charge is -2.18. The minimum Gasteiger partial charge on any atom is -0.462 e. The minimum atomic E-state index is -0.780. The topological polar surface area (TPSA) is 123 Å². The van der Waals surface area contributed by atoms with E-state index < -0.39 is 6.10 Å². The van der Waals surface area contributed by atoms with E-state index in [0.717, 1.165) is 58.0 Å². The van der Waals surface area contributed by atoms with Gasteiger partial charge in [0.2, 0.25) is 0 Å². The third-order valence-electron chi connectivity index (χ3n) is 10.1. The van der Waals surface area contributed by atoms with E-state index in [9.17, 15) is 14.4 Å². The van der Waals surface area contributed by atoms with Crippen molar-refractivity contribution < 1.29 is 39.6 Å². The van der Waals surface area contributed by atoms with Gasteiger partial charge in [0, 0.05) is 19.3 Å². The van der Waals surface area contributed by atoms with Crippen LogP contribution in [0, 0.1) is 0 Å². The molecule has 52 heavy (non-hydrogen) atoms. The highest BCUT2D eigenvalue weighted by molar-refractivity contribution is 5.71. The van der Waals surface area contributed by atoms with Crippen LogP contribution in [-0.2, 0) is 28.6 Å². The summed E-state index contributed by atoms with van der Waals surface area (Å²) in [5, 5.41) is 1.89. The summed E-state index contributed by atoms with van der Waals surface area (Å²) in [7, 11) is 0. The summed E-state index contributed by atoms with van der Waals surface area (Å²) in [5.74, 6) is -0.973. The fourth-order valence-electron chi connectivity index (χ4n) is 6.65. The van der Waals surface area contributed by atoms with Gasteiger partial charge in [-0.05, 0) is 12.8 Å². The summed E-state index contributed by atoms with van der Waals surface area (Å²) >= 11 is 0. The number of carbonyl (C=O) groups is 3. The molecule has 0 saturated heterocycles. The Hall–Kier alpha value is -1.67. The molecule has 5 N–H and O–H groups in total. The van der Waals surface area contributed by atoms with Crippen LogP contribution < -0.4 is 11.1 Å². The van der Waals surface area contributed by atoms with Gasteiger partial charge in [0.25, 0.3) is 0 Å². The molecule has 0 aliphatic carbocycles. The average molecular weight is 741 g/mol. The Labute approximate surface area is 321 Å². The van der Waals surface area contributed by atoms with E-state index in [1.165, 1.54) is 154 Å². The zero-order valence-corrected chi connectivity index (χ0v) is 34.7. The standard InChI is InChI=1S/C44H86N2O6/c1-3-5-7-9-11-13-15-17-19-21-23-25-27-29-31-34-42(47)50-39-41(40-51-44(49)38-46-37-33-36-45)52-43(48)35-32-30-28-26-24-22-20-18-16-14-12-10-8-6-4-2/h41,46H,3-40,45H2,1-2H3/p+2. The third kappa shape index (κ3) is 39.5. The smallest absolute Gasteiger partial charge is 0.361 e. The first-order valence-corrected chi connectivity index (χ1v) is 22.6. The van der Waals surface area contributed by atoms with Crippen LogP contribution in [0.3, 0.4) is 0 Å². The Bertz CT molecular complexity index is 780. The fraction of sp³-hybridized carbons (Fsp3) is 0.932. The molecule has 0 spiro atoms. The summed E-state index contributed by atoms with van der Waals surface area (Å²) in [4.78, 5) is 37.3. The molecule has 0 aliphatic rings. The predicted molar refractivity (Wildman–Crippen MR) is 215 cm³/mol. The second kappa shape index (κ2) is 42.1. The van der Waals surface area contributed by atoms with E-state index in [2.05, 4.69) is 19.6 Å². The minimum absolute atomic E-state index is 0.0827. The molecule has 0 rings (SSSR count). The maximum absolute atomic E-state index is 12.6. The number of esters is 3. The van der Waals surface area contributed by atoms with E-state index in [0.29, 0.717) is 12.8 Å². The highest BCUT2D eigenvalue weighted by Gasteiger charge is 2.20. The van der Waals surface area contributed by atoms with Gasteiger partial charge >= 0.3 is 17.9 Å². The first-order valence-electron chi connectivity index (χ1n) is 22.6. The Morgan fingerprint density at radius 3 is 1.13 bits per heavy atom. The molecule has 308 valence electrons. The number of carbonyl (C=O) groups excluding carboxylic acids is 3. The second-order valence-electron chi connectivity index (χ2n) is 15.4. The molecule has 0 aromatic rings. The maximum atomic E-state index is 12.6. The van der Waals surface area contributed by atoms with Gasteiger partial charge in [-0.2, -0.15) is 0 Å². The van der Waals surface area contributed by atoms with Crippen LogP contribution in [0.15, 0.2) is 0 Å². The molecule has 0 bridgehead atoms. The molecule has 0 aromatic heterocycles. The number of quaternary nitrogens is 2. The molecular weight excluding hydrogens is 652 g/mol. The molecule has 8 nitrogen and oxygen atoms in total. The van der Waals surface area contributed by atoms with E-state index in [1.807, 2.05) is 5.32 Å². The van der Waals surface area contributed by atoms with Crippen LogP contribution in [0.4, 0.5) is 0 Å². The van der Waals surface area contributed by atoms with Crippen molar-refractivity contribution in [2.45, 2.75) is 232 Å². The molecule has 0 heterocycles. The zero-order chi connectivity index (χ0) is 38.0. The van der Waals surface area contributed by atoms with Crippen molar-refractivity contribution >= 4 is 17.9 Å². The Balaban J connectivity index is 4.11. The summed E-state index contributed by atoms with van der Waals surface area (Å²) in [6.45, 7) is 6.20. The number of nitrogens with two attached hydrogens (primary N) is 1. The molecule has 0 aliphatic heterocycles. The summed E-state index contributed by atoms with van der Waals surface area (Å²) in [6.07, 6.45) is 39.1. The Morgan fingerprint density at radius 2 is 0.769 bits per heavy atom. The van der Waals surface area contributed by atoms with Crippen molar-refractivity contribution in [3.05, 3.63) is 0 Å². The molecule has 0 aromatic carbocycles. The monoisotopic (exact) mass is 741 g/mol. The maximum Gasteiger partial charge on any atom is 0.361 e. The predicted octanol–water partition coefficient (Wildman–Crippen LogP) is 9.70. The van der Waals surface area contributed by atoms with Gasteiger partial charge in [0.15, 0.2) is 12.6 Å². The van der Waals surface area contributed by atoms with Gasteiger partial charge in [-0.25, -0.2) is 4.79 Å². The van der Waals surface area contributed by atoms with E-state index >= 15 is 0 Å². The van der Waals surface area contributed by atoms with Crippen LogP contribution in [0.25, 0.3) is 0 Å². The lowest BCUT2D eigenvalue weighted by Crippen LogP contribution is -2.86. The third-order valence-corrected chi connectivity index (χ3v) is 10.1. The lowest BCUT2D eigenvalue weighted by molar-refractivity contribution is -0.647. The fourth-order valence-corrected chi connectivity index (χ4v) is 6.65. The van der Waals surface area contributed by atoms with Crippen molar-refractivity contribution in [3.8, 4) is 0 Å². The largest absolute Gasteiger partial charge is 0.462 e. The van der Waals surface area contributed by atoms with Crippen molar-refractivity contribution in [2.75, 3.05) is 32.8 Å². The molecule has 8 heteroatoms. The molecular formula is C44H88N2O6+2. The number of unbranched alkanes of at least 4 members (excludes halogenated alkanes) is 28.